The van der Waals surface area contributed by atoms with Crippen molar-refractivity contribution in [1.82, 2.24) is 14.9 Å². The van der Waals surface area contributed by atoms with Crippen LogP contribution >= 0.6 is 0 Å². The van der Waals surface area contributed by atoms with Crippen molar-refractivity contribution in [3.63, 3.8) is 0 Å². The van der Waals surface area contributed by atoms with Crippen molar-refractivity contribution < 1.29 is 9.53 Å². The van der Waals surface area contributed by atoms with Gasteiger partial charge < -0.3 is 15.0 Å². The number of ether oxygens (including phenoxy) is 1. The van der Waals surface area contributed by atoms with Crippen molar-refractivity contribution in [1.29, 1.82) is 0 Å². The van der Waals surface area contributed by atoms with Gasteiger partial charge in [0, 0.05) is 12.6 Å². The molecule has 1 aromatic heterocycles. The van der Waals surface area contributed by atoms with E-state index in [1.54, 1.807) is 6.20 Å². The van der Waals surface area contributed by atoms with Gasteiger partial charge in [-0.05, 0) is 31.8 Å². The van der Waals surface area contributed by atoms with E-state index < -0.39 is 5.97 Å². The number of esters is 1. The molecule has 1 unspecified atom stereocenters. The van der Waals surface area contributed by atoms with E-state index in [1.165, 1.54) is 39.2 Å². The third-order valence-corrected chi connectivity index (χ3v) is 4.02. The maximum atomic E-state index is 11.4. The second-order valence-corrected chi connectivity index (χ2v) is 5.17. The van der Waals surface area contributed by atoms with E-state index in [0.29, 0.717) is 17.8 Å². The predicted molar refractivity (Wildman–Crippen MR) is 69.9 cm³/mol. The Morgan fingerprint density at radius 3 is 2.84 bits per heavy atom. The van der Waals surface area contributed by atoms with Crippen LogP contribution in [0, 0.1) is 5.92 Å². The number of nitrogens with one attached hydrogen (secondary N) is 1. The second kappa shape index (κ2) is 5.13. The fraction of sp³-hybridized carbons (Fsp3) is 0.615. The SMILES string of the molecule is COC(=O)c1cncc(NC2CN3CCC2CC3)n1. The smallest absolute Gasteiger partial charge is 0.358 e. The minimum absolute atomic E-state index is 0.244. The van der Waals surface area contributed by atoms with Crippen LogP contribution in [0.3, 0.4) is 0 Å². The topological polar surface area (TPSA) is 67.3 Å². The highest BCUT2D eigenvalue weighted by Crippen LogP contribution is 2.29. The van der Waals surface area contributed by atoms with E-state index in [9.17, 15) is 4.79 Å². The van der Waals surface area contributed by atoms with Gasteiger partial charge >= 0.3 is 5.97 Å². The van der Waals surface area contributed by atoms with Gasteiger partial charge in [-0.3, -0.25) is 4.98 Å². The lowest BCUT2D eigenvalue weighted by Crippen LogP contribution is -2.53. The maximum absolute atomic E-state index is 11.4. The molecule has 0 radical (unpaired) electrons. The zero-order valence-corrected chi connectivity index (χ0v) is 11.0. The standard InChI is InChI=1S/C13H18N4O2/c1-19-13(18)10-6-14-7-12(15-10)16-11-8-17-4-2-9(11)3-5-17/h6-7,9,11H,2-5,8H2,1H3,(H,15,16). The minimum atomic E-state index is -0.454. The minimum Gasteiger partial charge on any atom is -0.464 e. The average Bonchev–Trinajstić information content (AvgIpc) is 2.48. The molecule has 0 spiro atoms. The van der Waals surface area contributed by atoms with Gasteiger partial charge in [-0.1, -0.05) is 0 Å². The molecule has 1 atom stereocenters. The fourth-order valence-corrected chi connectivity index (χ4v) is 2.96. The van der Waals surface area contributed by atoms with Crippen LogP contribution in [0.1, 0.15) is 23.3 Å². The maximum Gasteiger partial charge on any atom is 0.358 e. The number of anilines is 1. The molecule has 6 heteroatoms. The summed E-state index contributed by atoms with van der Waals surface area (Å²) in [4.78, 5) is 22.2. The number of rotatable bonds is 3. The van der Waals surface area contributed by atoms with E-state index >= 15 is 0 Å². The fourth-order valence-electron chi connectivity index (χ4n) is 2.96. The molecule has 4 heterocycles. The molecule has 6 nitrogen and oxygen atoms in total. The van der Waals surface area contributed by atoms with Gasteiger partial charge in [0.1, 0.15) is 5.82 Å². The average molecular weight is 262 g/mol. The van der Waals surface area contributed by atoms with Crippen molar-refractivity contribution in [2.45, 2.75) is 18.9 Å². The molecule has 0 amide bonds. The number of carbonyl (C=O) groups is 1. The second-order valence-electron chi connectivity index (χ2n) is 5.17. The molecule has 0 saturated carbocycles. The van der Waals surface area contributed by atoms with Gasteiger partial charge in [0.05, 0.1) is 19.5 Å². The molecule has 2 bridgehead atoms. The summed E-state index contributed by atoms with van der Waals surface area (Å²) in [6, 6.07) is 0.407. The van der Waals surface area contributed by atoms with Gasteiger partial charge in [-0.15, -0.1) is 0 Å². The molecule has 3 aliphatic heterocycles. The summed E-state index contributed by atoms with van der Waals surface area (Å²) in [5, 5.41) is 3.41. The lowest BCUT2D eigenvalue weighted by Gasteiger charge is -2.45. The number of carbonyl (C=O) groups excluding carboxylic acids is 1. The number of aromatic nitrogens is 2. The third-order valence-electron chi connectivity index (χ3n) is 4.02. The predicted octanol–water partition coefficient (Wildman–Crippen LogP) is 0.769. The molecule has 4 rings (SSSR count). The van der Waals surface area contributed by atoms with Crippen molar-refractivity contribution in [3.8, 4) is 0 Å². The van der Waals surface area contributed by atoms with E-state index in [-0.39, 0.29) is 5.69 Å². The first kappa shape index (κ1) is 12.3. The van der Waals surface area contributed by atoms with Crippen LogP contribution in [-0.2, 0) is 4.74 Å². The van der Waals surface area contributed by atoms with Crippen LogP contribution in [0.4, 0.5) is 5.82 Å². The third kappa shape index (κ3) is 2.53. The first-order chi connectivity index (χ1) is 9.26. The van der Waals surface area contributed by atoms with E-state index in [0.717, 1.165) is 6.54 Å². The van der Waals surface area contributed by atoms with Crippen molar-refractivity contribution in [3.05, 3.63) is 18.1 Å². The number of hydrogen-bond donors (Lipinski definition) is 1. The van der Waals surface area contributed by atoms with Crippen molar-refractivity contribution in [2.75, 3.05) is 32.1 Å². The van der Waals surface area contributed by atoms with Gasteiger partial charge in [0.25, 0.3) is 0 Å². The van der Waals surface area contributed by atoms with Gasteiger partial charge in [-0.2, -0.15) is 0 Å². The zero-order valence-electron chi connectivity index (χ0n) is 11.0. The Labute approximate surface area is 112 Å². The summed E-state index contributed by atoms with van der Waals surface area (Å²) in [6.45, 7) is 3.46. The number of fused-ring (bicyclic) bond motifs is 3. The highest BCUT2D eigenvalue weighted by atomic mass is 16.5. The van der Waals surface area contributed by atoms with Crippen LogP contribution < -0.4 is 5.32 Å². The summed E-state index contributed by atoms with van der Waals surface area (Å²) >= 11 is 0. The van der Waals surface area contributed by atoms with Crippen molar-refractivity contribution >= 4 is 11.8 Å². The van der Waals surface area contributed by atoms with Crippen LogP contribution in [-0.4, -0.2) is 53.6 Å². The summed E-state index contributed by atoms with van der Waals surface area (Å²) < 4.78 is 4.65. The Kier molecular flexibility index (Phi) is 3.33. The highest BCUT2D eigenvalue weighted by Gasteiger charge is 2.34. The summed E-state index contributed by atoms with van der Waals surface area (Å²) in [5.41, 5.74) is 0.244. The summed E-state index contributed by atoms with van der Waals surface area (Å²) in [5.74, 6) is 0.903. The molecular formula is C13H18N4O2. The Morgan fingerprint density at radius 2 is 2.21 bits per heavy atom. The number of methoxy groups -OCH3 is 1. The van der Waals surface area contributed by atoms with E-state index in [2.05, 4.69) is 24.9 Å². The Morgan fingerprint density at radius 1 is 1.42 bits per heavy atom. The lowest BCUT2D eigenvalue weighted by atomic mass is 9.84. The van der Waals surface area contributed by atoms with Crippen molar-refractivity contribution in [2.24, 2.45) is 5.92 Å². The van der Waals surface area contributed by atoms with Gasteiger partial charge in [0.2, 0.25) is 0 Å². The van der Waals surface area contributed by atoms with Crippen LogP contribution in [0.5, 0.6) is 0 Å². The quantitative estimate of drug-likeness (QED) is 0.812. The lowest BCUT2D eigenvalue weighted by molar-refractivity contribution is 0.0593. The van der Waals surface area contributed by atoms with Crippen LogP contribution in [0.2, 0.25) is 0 Å². The van der Waals surface area contributed by atoms with E-state index in [1.807, 2.05) is 0 Å². The largest absolute Gasteiger partial charge is 0.464 e. The Hall–Kier alpha value is -1.69. The van der Waals surface area contributed by atoms with E-state index in [4.69, 9.17) is 0 Å². The first-order valence-corrected chi connectivity index (χ1v) is 6.65. The first-order valence-electron chi connectivity index (χ1n) is 6.65. The monoisotopic (exact) mass is 262 g/mol. The Balaban J connectivity index is 1.71. The molecule has 102 valence electrons. The molecule has 1 N–H and O–H groups in total. The summed E-state index contributed by atoms with van der Waals surface area (Å²) in [6.07, 6.45) is 5.56. The Bertz CT molecular complexity index is 471. The van der Waals surface area contributed by atoms with Gasteiger partial charge in [0.15, 0.2) is 5.69 Å². The van der Waals surface area contributed by atoms with Crippen LogP contribution in [0.25, 0.3) is 0 Å². The number of hydrogen-bond acceptors (Lipinski definition) is 6. The van der Waals surface area contributed by atoms with Gasteiger partial charge in [-0.25, -0.2) is 9.78 Å². The molecule has 3 saturated heterocycles. The normalized spacial score (nSPS) is 29.0. The zero-order chi connectivity index (χ0) is 13.2. The molecule has 19 heavy (non-hydrogen) atoms. The molecule has 1 aromatic rings. The summed E-state index contributed by atoms with van der Waals surface area (Å²) in [7, 11) is 1.34. The molecule has 0 aromatic carbocycles. The molecule has 3 aliphatic rings. The highest BCUT2D eigenvalue weighted by molar-refractivity contribution is 5.87. The number of piperidine rings is 3. The van der Waals surface area contributed by atoms with Crippen LogP contribution in [0.15, 0.2) is 12.4 Å². The molecule has 0 aliphatic carbocycles. The molecular weight excluding hydrogens is 244 g/mol. The number of nitrogens with zero attached hydrogens (tertiary/aromatic N) is 3. The molecule has 3 fully saturated rings.